The third-order valence-electron chi connectivity index (χ3n) is 2.52. The Morgan fingerprint density at radius 3 is 2.73 bits per heavy atom. The van der Waals surface area contributed by atoms with Crippen LogP contribution in [0.4, 0.5) is 4.79 Å². The highest BCUT2D eigenvalue weighted by Gasteiger charge is 2.30. The van der Waals surface area contributed by atoms with Gasteiger partial charge in [0.05, 0.1) is 5.92 Å². The van der Waals surface area contributed by atoms with Crippen LogP contribution in [0.2, 0.25) is 0 Å². The van der Waals surface area contributed by atoms with E-state index in [1.54, 1.807) is 6.08 Å². The number of aliphatic carboxylic acids is 1. The Balaban J connectivity index is 2.26. The predicted molar refractivity (Wildman–Crippen MR) is 55.5 cm³/mol. The third-order valence-corrected chi connectivity index (χ3v) is 2.52. The van der Waals surface area contributed by atoms with E-state index in [4.69, 9.17) is 5.11 Å². The average Bonchev–Trinajstić information content (AvgIpc) is 2.63. The van der Waals surface area contributed by atoms with Gasteiger partial charge in [-0.2, -0.15) is 0 Å². The van der Waals surface area contributed by atoms with Gasteiger partial charge in [-0.3, -0.25) is 4.79 Å². The first-order valence-electron chi connectivity index (χ1n) is 5.01. The molecule has 84 valence electrons. The molecule has 0 aromatic carbocycles. The van der Waals surface area contributed by atoms with Crippen molar-refractivity contribution in [1.82, 2.24) is 10.6 Å². The molecule has 0 aliphatic heterocycles. The SMILES string of the molecule is C=CCNC(=O)NC1CCC(C(=O)O)C1. The molecule has 0 heterocycles. The Morgan fingerprint density at radius 2 is 2.20 bits per heavy atom. The second kappa shape index (κ2) is 5.38. The summed E-state index contributed by atoms with van der Waals surface area (Å²) in [6, 6.07) is -0.276. The van der Waals surface area contributed by atoms with Gasteiger partial charge in [0, 0.05) is 12.6 Å². The normalized spacial score (nSPS) is 24.5. The Labute approximate surface area is 88.5 Å². The lowest BCUT2D eigenvalue weighted by atomic mass is 10.1. The molecule has 2 atom stereocenters. The molecule has 0 radical (unpaired) electrons. The quantitative estimate of drug-likeness (QED) is 0.601. The van der Waals surface area contributed by atoms with Crippen molar-refractivity contribution in [2.75, 3.05) is 6.54 Å². The summed E-state index contributed by atoms with van der Waals surface area (Å²) in [6.07, 6.45) is 3.49. The molecule has 1 fully saturated rings. The zero-order valence-electron chi connectivity index (χ0n) is 8.53. The Morgan fingerprint density at radius 1 is 1.47 bits per heavy atom. The van der Waals surface area contributed by atoms with E-state index in [1.807, 2.05) is 0 Å². The number of hydrogen-bond acceptors (Lipinski definition) is 2. The lowest BCUT2D eigenvalue weighted by Crippen LogP contribution is -2.41. The average molecular weight is 212 g/mol. The highest BCUT2D eigenvalue weighted by Crippen LogP contribution is 2.25. The van der Waals surface area contributed by atoms with Crippen molar-refractivity contribution in [3.8, 4) is 0 Å². The number of hydrogen-bond donors (Lipinski definition) is 3. The topological polar surface area (TPSA) is 78.4 Å². The molecule has 2 amide bonds. The molecule has 15 heavy (non-hydrogen) atoms. The van der Waals surface area contributed by atoms with Gasteiger partial charge in [0.2, 0.25) is 0 Å². The van der Waals surface area contributed by atoms with Crippen LogP contribution < -0.4 is 10.6 Å². The molecule has 2 unspecified atom stereocenters. The second-order valence-electron chi connectivity index (χ2n) is 3.69. The summed E-state index contributed by atoms with van der Waals surface area (Å²) < 4.78 is 0. The van der Waals surface area contributed by atoms with Crippen molar-refractivity contribution in [2.24, 2.45) is 5.92 Å². The Hall–Kier alpha value is -1.52. The fourth-order valence-corrected chi connectivity index (χ4v) is 1.74. The number of carbonyl (C=O) groups excluding carboxylic acids is 1. The number of urea groups is 1. The Bertz CT molecular complexity index is 265. The highest BCUT2D eigenvalue weighted by atomic mass is 16.4. The molecule has 1 aliphatic carbocycles. The first-order chi connectivity index (χ1) is 7.13. The van der Waals surface area contributed by atoms with Gasteiger partial charge in [-0.1, -0.05) is 6.08 Å². The van der Waals surface area contributed by atoms with Gasteiger partial charge in [-0.15, -0.1) is 6.58 Å². The van der Waals surface area contributed by atoms with Gasteiger partial charge in [0.25, 0.3) is 0 Å². The van der Waals surface area contributed by atoms with Gasteiger partial charge < -0.3 is 15.7 Å². The molecule has 0 saturated heterocycles. The molecule has 3 N–H and O–H groups in total. The maximum Gasteiger partial charge on any atom is 0.315 e. The maximum atomic E-state index is 11.2. The van der Waals surface area contributed by atoms with Crippen LogP contribution in [0.15, 0.2) is 12.7 Å². The van der Waals surface area contributed by atoms with Crippen molar-refractivity contribution in [1.29, 1.82) is 0 Å². The van der Waals surface area contributed by atoms with Crippen molar-refractivity contribution in [3.05, 3.63) is 12.7 Å². The van der Waals surface area contributed by atoms with Gasteiger partial charge in [0.15, 0.2) is 0 Å². The van der Waals surface area contributed by atoms with Crippen molar-refractivity contribution < 1.29 is 14.7 Å². The van der Waals surface area contributed by atoms with Crippen LogP contribution in [0.1, 0.15) is 19.3 Å². The molecular weight excluding hydrogens is 196 g/mol. The first kappa shape index (κ1) is 11.6. The fourth-order valence-electron chi connectivity index (χ4n) is 1.74. The molecule has 0 aromatic rings. The van der Waals surface area contributed by atoms with Gasteiger partial charge in [-0.25, -0.2) is 4.79 Å². The number of amides is 2. The van der Waals surface area contributed by atoms with E-state index < -0.39 is 5.97 Å². The summed E-state index contributed by atoms with van der Waals surface area (Å²) in [6.45, 7) is 3.90. The molecular formula is C10H16N2O3. The van der Waals surface area contributed by atoms with E-state index in [2.05, 4.69) is 17.2 Å². The van der Waals surface area contributed by atoms with Crippen LogP contribution in [0.25, 0.3) is 0 Å². The minimum absolute atomic E-state index is 0.0177. The van der Waals surface area contributed by atoms with Crippen LogP contribution in [0.3, 0.4) is 0 Å². The van der Waals surface area contributed by atoms with E-state index in [0.717, 1.165) is 6.42 Å². The Kier molecular flexibility index (Phi) is 4.15. The molecule has 0 spiro atoms. The number of nitrogens with one attached hydrogen (secondary N) is 2. The molecule has 5 nitrogen and oxygen atoms in total. The number of rotatable bonds is 4. The zero-order chi connectivity index (χ0) is 11.3. The molecule has 1 rings (SSSR count). The van der Waals surface area contributed by atoms with Crippen molar-refractivity contribution in [3.63, 3.8) is 0 Å². The van der Waals surface area contributed by atoms with E-state index in [-0.39, 0.29) is 18.0 Å². The van der Waals surface area contributed by atoms with E-state index in [9.17, 15) is 9.59 Å². The number of carboxylic acid groups (broad SMARTS) is 1. The smallest absolute Gasteiger partial charge is 0.315 e. The second-order valence-corrected chi connectivity index (χ2v) is 3.69. The summed E-state index contributed by atoms with van der Waals surface area (Å²) in [5, 5.41) is 14.1. The van der Waals surface area contributed by atoms with Crippen molar-refractivity contribution in [2.45, 2.75) is 25.3 Å². The summed E-state index contributed by atoms with van der Waals surface area (Å²) in [5.41, 5.74) is 0. The van der Waals surface area contributed by atoms with Crippen LogP contribution in [0, 0.1) is 5.92 Å². The largest absolute Gasteiger partial charge is 0.481 e. The van der Waals surface area contributed by atoms with Gasteiger partial charge in [0.1, 0.15) is 0 Å². The van der Waals surface area contributed by atoms with Crippen LogP contribution in [-0.4, -0.2) is 29.7 Å². The zero-order valence-corrected chi connectivity index (χ0v) is 8.53. The first-order valence-corrected chi connectivity index (χ1v) is 5.01. The van der Waals surface area contributed by atoms with E-state index in [0.29, 0.717) is 19.4 Å². The van der Waals surface area contributed by atoms with Gasteiger partial charge >= 0.3 is 12.0 Å². The molecule has 5 heteroatoms. The number of carbonyl (C=O) groups is 2. The summed E-state index contributed by atoms with van der Waals surface area (Å²) in [5.74, 6) is -1.08. The molecule has 1 aliphatic rings. The van der Waals surface area contributed by atoms with E-state index >= 15 is 0 Å². The summed E-state index contributed by atoms with van der Waals surface area (Å²) in [4.78, 5) is 21.9. The van der Waals surface area contributed by atoms with Crippen LogP contribution in [0.5, 0.6) is 0 Å². The van der Waals surface area contributed by atoms with Crippen molar-refractivity contribution >= 4 is 12.0 Å². The van der Waals surface area contributed by atoms with Crippen LogP contribution >= 0.6 is 0 Å². The molecule has 1 saturated carbocycles. The lowest BCUT2D eigenvalue weighted by Gasteiger charge is -2.12. The minimum Gasteiger partial charge on any atom is -0.481 e. The van der Waals surface area contributed by atoms with Gasteiger partial charge in [-0.05, 0) is 19.3 Å². The monoisotopic (exact) mass is 212 g/mol. The number of carboxylic acids is 1. The molecule has 0 bridgehead atoms. The lowest BCUT2D eigenvalue weighted by molar-refractivity contribution is -0.141. The minimum atomic E-state index is -0.772. The van der Waals surface area contributed by atoms with Crippen LogP contribution in [-0.2, 0) is 4.79 Å². The van der Waals surface area contributed by atoms with E-state index in [1.165, 1.54) is 0 Å². The maximum absolute atomic E-state index is 11.2. The molecule has 0 aromatic heterocycles. The fraction of sp³-hybridized carbons (Fsp3) is 0.600. The summed E-state index contributed by atoms with van der Waals surface area (Å²) >= 11 is 0. The standard InChI is InChI=1S/C10H16N2O3/c1-2-5-11-10(15)12-8-4-3-7(6-8)9(13)14/h2,7-8H,1,3-6H2,(H,13,14)(H2,11,12,15). The summed E-state index contributed by atoms with van der Waals surface area (Å²) in [7, 11) is 0. The highest BCUT2D eigenvalue weighted by molar-refractivity contribution is 5.75. The predicted octanol–water partition coefficient (Wildman–Crippen LogP) is 0.725. The third kappa shape index (κ3) is 3.61.